The van der Waals surface area contributed by atoms with E-state index in [-0.39, 0.29) is 10.9 Å². The van der Waals surface area contributed by atoms with E-state index in [9.17, 15) is 8.42 Å². The van der Waals surface area contributed by atoms with Crippen molar-refractivity contribution in [1.29, 1.82) is 5.26 Å². The zero-order chi connectivity index (χ0) is 15.2. The molecule has 1 unspecified atom stereocenters. The second kappa shape index (κ2) is 7.41. The Hall–Kier alpha value is -1.38. The van der Waals surface area contributed by atoms with Gasteiger partial charge in [-0.25, -0.2) is 13.1 Å². The van der Waals surface area contributed by atoms with Gasteiger partial charge in [-0.15, -0.1) is 0 Å². The van der Waals surface area contributed by atoms with Crippen LogP contribution in [0.25, 0.3) is 0 Å². The van der Waals surface area contributed by atoms with Crippen molar-refractivity contribution in [2.45, 2.75) is 51.0 Å². The van der Waals surface area contributed by atoms with Gasteiger partial charge in [-0.3, -0.25) is 0 Å². The SMILES string of the molecule is CC(C)CCCC(C)NS(=O)(=O)c1ccc(C#N)cc1. The predicted molar refractivity (Wildman–Crippen MR) is 79.6 cm³/mol. The minimum atomic E-state index is -3.49. The maximum absolute atomic E-state index is 12.1. The molecule has 1 N–H and O–H groups in total. The first-order valence-corrected chi connectivity index (χ1v) is 8.36. The zero-order valence-electron chi connectivity index (χ0n) is 12.3. The van der Waals surface area contributed by atoms with E-state index in [1.807, 2.05) is 13.0 Å². The first kappa shape index (κ1) is 16.7. The molecule has 0 amide bonds. The smallest absolute Gasteiger partial charge is 0.208 e. The molecular formula is C15H22N2O2S. The summed E-state index contributed by atoms with van der Waals surface area (Å²) in [6.45, 7) is 6.19. The topological polar surface area (TPSA) is 70.0 Å². The normalized spacial score (nSPS) is 13.2. The quantitative estimate of drug-likeness (QED) is 0.840. The van der Waals surface area contributed by atoms with E-state index < -0.39 is 10.0 Å². The summed E-state index contributed by atoms with van der Waals surface area (Å²) in [5.74, 6) is 0.636. The lowest BCUT2D eigenvalue weighted by Crippen LogP contribution is -2.32. The van der Waals surface area contributed by atoms with Gasteiger partial charge in [0.25, 0.3) is 0 Å². The Morgan fingerprint density at radius 2 is 1.75 bits per heavy atom. The number of nitriles is 1. The van der Waals surface area contributed by atoms with Gasteiger partial charge in [0.2, 0.25) is 10.0 Å². The second-order valence-electron chi connectivity index (χ2n) is 5.48. The summed E-state index contributed by atoms with van der Waals surface area (Å²) < 4.78 is 27.0. The molecule has 0 saturated heterocycles. The number of hydrogen-bond donors (Lipinski definition) is 1. The van der Waals surface area contributed by atoms with E-state index in [1.165, 1.54) is 24.3 Å². The number of nitrogens with one attached hydrogen (secondary N) is 1. The highest BCUT2D eigenvalue weighted by Crippen LogP contribution is 2.13. The van der Waals surface area contributed by atoms with E-state index in [1.54, 1.807) is 0 Å². The molecule has 0 heterocycles. The third kappa shape index (κ3) is 5.32. The highest BCUT2D eigenvalue weighted by Gasteiger charge is 2.17. The molecule has 0 aliphatic carbocycles. The molecule has 1 rings (SSSR count). The van der Waals surface area contributed by atoms with Gasteiger partial charge in [0.1, 0.15) is 0 Å². The molecule has 0 saturated carbocycles. The average Bonchev–Trinajstić information content (AvgIpc) is 2.37. The number of rotatable bonds is 7. The Bertz CT molecular complexity index is 557. The van der Waals surface area contributed by atoms with E-state index >= 15 is 0 Å². The maximum atomic E-state index is 12.1. The van der Waals surface area contributed by atoms with Crippen LogP contribution in [0.2, 0.25) is 0 Å². The molecule has 1 aromatic rings. The second-order valence-corrected chi connectivity index (χ2v) is 7.20. The summed E-state index contributed by atoms with van der Waals surface area (Å²) in [7, 11) is -3.49. The Kier molecular flexibility index (Phi) is 6.18. The minimum absolute atomic E-state index is 0.0885. The van der Waals surface area contributed by atoms with Gasteiger partial charge in [0.15, 0.2) is 0 Å². The highest BCUT2D eigenvalue weighted by atomic mass is 32.2. The van der Waals surface area contributed by atoms with E-state index in [4.69, 9.17) is 5.26 Å². The fourth-order valence-corrected chi connectivity index (χ4v) is 3.21. The summed E-state index contributed by atoms with van der Waals surface area (Å²) >= 11 is 0. The van der Waals surface area contributed by atoms with Crippen molar-refractivity contribution >= 4 is 10.0 Å². The van der Waals surface area contributed by atoms with E-state index in [2.05, 4.69) is 18.6 Å². The van der Waals surface area contributed by atoms with Gasteiger partial charge < -0.3 is 0 Å². The Balaban J connectivity index is 2.62. The molecule has 0 radical (unpaired) electrons. The number of nitrogens with zero attached hydrogens (tertiary/aromatic N) is 1. The first-order chi connectivity index (χ1) is 9.35. The molecule has 0 bridgehead atoms. The van der Waals surface area contributed by atoms with Crippen molar-refractivity contribution in [3.8, 4) is 6.07 Å². The van der Waals surface area contributed by atoms with Gasteiger partial charge >= 0.3 is 0 Å². The Morgan fingerprint density at radius 3 is 2.25 bits per heavy atom. The lowest BCUT2D eigenvalue weighted by molar-refractivity contribution is 0.488. The Labute approximate surface area is 121 Å². The van der Waals surface area contributed by atoms with Crippen LogP contribution in [0.4, 0.5) is 0 Å². The van der Waals surface area contributed by atoms with E-state index in [0.717, 1.165) is 19.3 Å². The monoisotopic (exact) mass is 294 g/mol. The van der Waals surface area contributed by atoms with Crippen LogP contribution in [0.3, 0.4) is 0 Å². The van der Waals surface area contributed by atoms with Crippen LogP contribution in [0.5, 0.6) is 0 Å². The lowest BCUT2D eigenvalue weighted by Gasteiger charge is -2.14. The third-order valence-corrected chi connectivity index (χ3v) is 4.67. The fraction of sp³-hybridized carbons (Fsp3) is 0.533. The molecule has 1 atom stereocenters. The summed E-state index contributed by atoms with van der Waals surface area (Å²) in [6.07, 6.45) is 2.94. The van der Waals surface area contributed by atoms with Gasteiger partial charge in [-0.05, 0) is 43.5 Å². The van der Waals surface area contributed by atoms with Crippen LogP contribution < -0.4 is 4.72 Å². The van der Waals surface area contributed by atoms with Crippen molar-refractivity contribution in [2.24, 2.45) is 5.92 Å². The molecule has 0 aliphatic heterocycles. The number of sulfonamides is 1. The molecule has 0 spiro atoms. The van der Waals surface area contributed by atoms with Crippen LogP contribution in [0.15, 0.2) is 29.2 Å². The van der Waals surface area contributed by atoms with Gasteiger partial charge in [-0.1, -0.05) is 26.7 Å². The highest BCUT2D eigenvalue weighted by molar-refractivity contribution is 7.89. The van der Waals surface area contributed by atoms with Crippen LogP contribution in [-0.4, -0.2) is 14.5 Å². The molecule has 20 heavy (non-hydrogen) atoms. The van der Waals surface area contributed by atoms with Crippen LogP contribution >= 0.6 is 0 Å². The number of benzene rings is 1. The van der Waals surface area contributed by atoms with Crippen molar-refractivity contribution in [3.05, 3.63) is 29.8 Å². The summed E-state index contributed by atoms with van der Waals surface area (Å²) in [5, 5.41) is 8.70. The summed E-state index contributed by atoms with van der Waals surface area (Å²) in [4.78, 5) is 0.201. The number of hydrogen-bond acceptors (Lipinski definition) is 3. The standard InChI is InChI=1S/C15H22N2O2S/c1-12(2)5-4-6-13(3)17-20(18,19)15-9-7-14(11-16)8-10-15/h7-10,12-13,17H,4-6H2,1-3H3. The fourth-order valence-electron chi connectivity index (χ4n) is 1.93. The van der Waals surface area contributed by atoms with Crippen molar-refractivity contribution in [3.63, 3.8) is 0 Å². The predicted octanol–water partition coefficient (Wildman–Crippen LogP) is 3.05. The molecular weight excluding hydrogens is 272 g/mol. The molecule has 0 aliphatic rings. The van der Waals surface area contributed by atoms with Crippen molar-refractivity contribution in [1.82, 2.24) is 4.72 Å². The maximum Gasteiger partial charge on any atom is 0.240 e. The van der Waals surface area contributed by atoms with E-state index in [0.29, 0.717) is 11.5 Å². The van der Waals surface area contributed by atoms with Crippen molar-refractivity contribution < 1.29 is 8.42 Å². The van der Waals surface area contributed by atoms with Crippen LogP contribution in [-0.2, 0) is 10.0 Å². The van der Waals surface area contributed by atoms with Gasteiger partial charge in [-0.2, -0.15) is 5.26 Å². The molecule has 1 aromatic carbocycles. The van der Waals surface area contributed by atoms with Crippen LogP contribution in [0, 0.1) is 17.2 Å². The van der Waals surface area contributed by atoms with Crippen LogP contribution in [0.1, 0.15) is 45.6 Å². The minimum Gasteiger partial charge on any atom is -0.208 e. The Morgan fingerprint density at radius 1 is 1.15 bits per heavy atom. The molecule has 110 valence electrons. The summed E-state index contributed by atoms with van der Waals surface area (Å²) in [6, 6.07) is 7.82. The lowest BCUT2D eigenvalue weighted by atomic mass is 10.0. The van der Waals surface area contributed by atoms with Crippen molar-refractivity contribution in [2.75, 3.05) is 0 Å². The molecule has 0 aromatic heterocycles. The molecule has 4 nitrogen and oxygen atoms in total. The zero-order valence-corrected chi connectivity index (χ0v) is 13.1. The van der Waals surface area contributed by atoms with Gasteiger partial charge in [0.05, 0.1) is 16.5 Å². The largest absolute Gasteiger partial charge is 0.240 e. The third-order valence-electron chi connectivity index (χ3n) is 3.07. The van der Waals surface area contributed by atoms with Gasteiger partial charge in [0, 0.05) is 6.04 Å². The molecule has 5 heteroatoms. The molecule has 0 fully saturated rings. The first-order valence-electron chi connectivity index (χ1n) is 6.87. The average molecular weight is 294 g/mol. The summed E-state index contributed by atoms with van der Waals surface area (Å²) in [5.41, 5.74) is 0.453.